The molecular formula is C22H13N2+. The van der Waals surface area contributed by atoms with Crippen LogP contribution >= 0.6 is 0 Å². The van der Waals surface area contributed by atoms with E-state index in [9.17, 15) is 0 Å². The molecule has 0 radical (unpaired) electrons. The van der Waals surface area contributed by atoms with Crippen molar-refractivity contribution in [1.82, 2.24) is 4.40 Å². The molecule has 0 N–H and O–H groups in total. The molecule has 1 aliphatic rings. The van der Waals surface area contributed by atoms with Crippen LogP contribution in [0.4, 0.5) is 0 Å². The van der Waals surface area contributed by atoms with Crippen LogP contribution in [0.2, 0.25) is 0 Å². The molecule has 0 atom stereocenters. The zero-order valence-electron chi connectivity index (χ0n) is 13.0. The summed E-state index contributed by atoms with van der Waals surface area (Å²) in [6, 6.07) is 22.3. The fraction of sp³-hybridized carbons (Fsp3) is 0.0455. The summed E-state index contributed by atoms with van der Waals surface area (Å²) in [6.45, 7) is 0.976. The molecule has 0 saturated heterocycles. The number of rotatable bonds is 0. The van der Waals surface area contributed by atoms with Gasteiger partial charge in [0, 0.05) is 27.1 Å². The van der Waals surface area contributed by atoms with Gasteiger partial charge in [0.2, 0.25) is 0 Å². The molecular weight excluding hydrogens is 292 g/mol. The molecule has 6 aromatic rings. The molecule has 110 valence electrons. The van der Waals surface area contributed by atoms with Gasteiger partial charge in [-0.2, -0.15) is 4.40 Å². The normalized spacial score (nSPS) is 13.7. The van der Waals surface area contributed by atoms with E-state index in [2.05, 4.69) is 75.8 Å². The van der Waals surface area contributed by atoms with Crippen LogP contribution in [0.1, 0.15) is 5.56 Å². The number of hydrogen-bond donors (Lipinski definition) is 0. The maximum Gasteiger partial charge on any atom is 0.295 e. The van der Waals surface area contributed by atoms with Gasteiger partial charge in [0.1, 0.15) is 18.3 Å². The fourth-order valence-corrected chi connectivity index (χ4v) is 4.87. The molecule has 4 heterocycles. The molecule has 0 bridgehead atoms. The average Bonchev–Trinajstić information content (AvgIpc) is 3.18. The van der Waals surface area contributed by atoms with Crippen molar-refractivity contribution in [2.24, 2.45) is 0 Å². The molecule has 0 aliphatic carbocycles. The van der Waals surface area contributed by atoms with Crippen LogP contribution in [0.25, 0.3) is 49.0 Å². The largest absolute Gasteiger partial charge is 0.295 e. The fourth-order valence-electron chi connectivity index (χ4n) is 4.87. The Morgan fingerprint density at radius 3 is 2.33 bits per heavy atom. The summed E-state index contributed by atoms with van der Waals surface area (Å²) in [7, 11) is 0. The SMILES string of the molecule is c1ccc2c(c1)c1cccc3c4cccc5c4c4n(c2c[n+]4C5)c13. The number of imidazole rings is 1. The first-order valence-electron chi connectivity index (χ1n) is 8.43. The van der Waals surface area contributed by atoms with Crippen molar-refractivity contribution in [2.75, 3.05) is 0 Å². The Kier molecular flexibility index (Phi) is 1.67. The van der Waals surface area contributed by atoms with Crippen molar-refractivity contribution in [3.8, 4) is 0 Å². The summed E-state index contributed by atoms with van der Waals surface area (Å²) in [5.41, 5.74) is 5.46. The first-order chi connectivity index (χ1) is 11.9. The van der Waals surface area contributed by atoms with Crippen LogP contribution < -0.4 is 4.57 Å². The Morgan fingerprint density at radius 1 is 0.708 bits per heavy atom. The Balaban J connectivity index is 2.03. The molecule has 3 aromatic carbocycles. The van der Waals surface area contributed by atoms with Gasteiger partial charge < -0.3 is 0 Å². The standard InChI is InChI=1S/C22H13N2/c1-2-7-15-14(6-1)17-9-4-10-18-16-8-3-5-13-11-23-12-19(15)24(21(17)18)22(23)20(13)16/h1-10,12H,11H2/q+1. The molecule has 0 unspecified atom stereocenters. The van der Waals surface area contributed by atoms with Gasteiger partial charge in [-0.15, -0.1) is 0 Å². The monoisotopic (exact) mass is 305 g/mol. The van der Waals surface area contributed by atoms with Crippen LogP contribution in [0.5, 0.6) is 0 Å². The van der Waals surface area contributed by atoms with Gasteiger partial charge >= 0.3 is 0 Å². The van der Waals surface area contributed by atoms with Crippen LogP contribution in [-0.4, -0.2) is 4.40 Å². The molecule has 24 heavy (non-hydrogen) atoms. The molecule has 0 amide bonds. The Morgan fingerprint density at radius 2 is 1.42 bits per heavy atom. The molecule has 0 spiro atoms. The highest BCUT2D eigenvalue weighted by Crippen LogP contribution is 2.40. The number of benzene rings is 3. The van der Waals surface area contributed by atoms with E-state index < -0.39 is 0 Å². The molecule has 2 nitrogen and oxygen atoms in total. The summed E-state index contributed by atoms with van der Waals surface area (Å²) in [5, 5.41) is 8.19. The number of pyridine rings is 2. The lowest BCUT2D eigenvalue weighted by molar-refractivity contribution is -0.656. The van der Waals surface area contributed by atoms with Gasteiger partial charge in [-0.1, -0.05) is 54.6 Å². The lowest BCUT2D eigenvalue weighted by Crippen LogP contribution is -2.28. The summed E-state index contributed by atoms with van der Waals surface area (Å²) in [4.78, 5) is 0. The van der Waals surface area contributed by atoms with E-state index in [0.717, 1.165) is 6.54 Å². The van der Waals surface area contributed by atoms with Crippen molar-refractivity contribution in [2.45, 2.75) is 6.54 Å². The third-order valence-electron chi connectivity index (χ3n) is 5.76. The van der Waals surface area contributed by atoms with Gasteiger partial charge in [-0.05, 0) is 11.5 Å². The maximum atomic E-state index is 2.49. The molecule has 0 saturated carbocycles. The number of nitrogens with zero attached hydrogens (tertiary/aromatic N) is 2. The lowest BCUT2D eigenvalue weighted by Gasteiger charge is -2.09. The first kappa shape index (κ1) is 11.4. The van der Waals surface area contributed by atoms with Crippen LogP contribution in [-0.2, 0) is 6.54 Å². The van der Waals surface area contributed by atoms with E-state index in [1.54, 1.807) is 0 Å². The summed E-state index contributed by atoms with van der Waals surface area (Å²) in [6.07, 6.45) is 2.34. The van der Waals surface area contributed by atoms with Crippen molar-refractivity contribution in [3.05, 3.63) is 72.4 Å². The zero-order valence-corrected chi connectivity index (χ0v) is 13.0. The highest BCUT2D eigenvalue weighted by Gasteiger charge is 2.31. The molecule has 3 aromatic heterocycles. The molecule has 0 fully saturated rings. The van der Waals surface area contributed by atoms with E-state index in [0.29, 0.717) is 0 Å². The van der Waals surface area contributed by atoms with Gasteiger partial charge in [0.05, 0.1) is 5.39 Å². The van der Waals surface area contributed by atoms with Gasteiger partial charge in [-0.25, -0.2) is 4.57 Å². The number of hydrogen-bond acceptors (Lipinski definition) is 0. The predicted octanol–water partition coefficient (Wildman–Crippen LogP) is 4.64. The molecule has 2 heteroatoms. The third kappa shape index (κ3) is 1.05. The Bertz CT molecular complexity index is 1470. The zero-order chi connectivity index (χ0) is 15.4. The summed E-state index contributed by atoms with van der Waals surface area (Å²) >= 11 is 0. The molecule has 7 rings (SSSR count). The minimum atomic E-state index is 0.976. The number of para-hydroxylation sites is 1. The minimum Gasteiger partial charge on any atom is -0.225 e. The van der Waals surface area contributed by atoms with E-state index in [-0.39, 0.29) is 0 Å². The highest BCUT2D eigenvalue weighted by atomic mass is 15.1. The lowest BCUT2D eigenvalue weighted by atomic mass is 9.98. The third-order valence-corrected chi connectivity index (χ3v) is 5.76. The van der Waals surface area contributed by atoms with Crippen LogP contribution in [0.3, 0.4) is 0 Å². The smallest absolute Gasteiger partial charge is 0.225 e. The summed E-state index contributed by atoms with van der Waals surface area (Å²) < 4.78 is 4.91. The second-order valence-corrected chi connectivity index (χ2v) is 6.89. The van der Waals surface area contributed by atoms with Crippen LogP contribution in [0.15, 0.2) is 66.9 Å². The predicted molar refractivity (Wildman–Crippen MR) is 97.9 cm³/mol. The number of fused-ring (bicyclic) bond motifs is 4. The quantitative estimate of drug-likeness (QED) is 0.219. The van der Waals surface area contributed by atoms with E-state index in [1.807, 2.05) is 0 Å². The highest BCUT2D eigenvalue weighted by molar-refractivity contribution is 6.24. The van der Waals surface area contributed by atoms with Crippen molar-refractivity contribution >= 4 is 49.0 Å². The molecule has 1 aliphatic heterocycles. The van der Waals surface area contributed by atoms with E-state index >= 15 is 0 Å². The second-order valence-electron chi connectivity index (χ2n) is 6.89. The van der Waals surface area contributed by atoms with Gasteiger partial charge in [0.25, 0.3) is 5.65 Å². The van der Waals surface area contributed by atoms with Gasteiger partial charge in [-0.3, -0.25) is 0 Å². The minimum absolute atomic E-state index is 0.976. The van der Waals surface area contributed by atoms with Crippen molar-refractivity contribution in [1.29, 1.82) is 0 Å². The Labute approximate surface area is 137 Å². The topological polar surface area (TPSA) is 8.29 Å². The average molecular weight is 305 g/mol. The Hall–Kier alpha value is -3.13. The van der Waals surface area contributed by atoms with Crippen LogP contribution in [0, 0.1) is 0 Å². The van der Waals surface area contributed by atoms with Crippen molar-refractivity contribution < 1.29 is 4.57 Å². The number of aromatic nitrogens is 2. The van der Waals surface area contributed by atoms with Crippen molar-refractivity contribution in [3.63, 3.8) is 0 Å². The van der Waals surface area contributed by atoms with Gasteiger partial charge in [0.15, 0.2) is 5.52 Å². The van der Waals surface area contributed by atoms with E-state index in [4.69, 9.17) is 0 Å². The second kappa shape index (κ2) is 3.51. The van der Waals surface area contributed by atoms with E-state index in [1.165, 1.54) is 54.6 Å². The maximum absolute atomic E-state index is 2.49. The summed E-state index contributed by atoms with van der Waals surface area (Å²) in [5.74, 6) is 0. The first-order valence-corrected chi connectivity index (χ1v) is 8.43.